The quantitative estimate of drug-likeness (QED) is 0.352. The lowest BCUT2D eigenvalue weighted by molar-refractivity contribution is 0.0602. The number of thiocarbonyl (C=S) groups is 1. The fourth-order valence-corrected chi connectivity index (χ4v) is 4.47. The first-order chi connectivity index (χ1) is 15.5. The van der Waals surface area contributed by atoms with Gasteiger partial charge in [-0.15, -0.1) is 11.3 Å². The number of anilines is 2. The van der Waals surface area contributed by atoms with Gasteiger partial charge in [-0.05, 0) is 23.8 Å². The van der Waals surface area contributed by atoms with Gasteiger partial charge < -0.3 is 29.6 Å². The standard InChI is InChI=1S/C23H24N2O5S2/c1-27-18-11-15(12-19(28-2)20(18)29-3)24-23(31)25-21-17(22(26)30-4)13-16(32-21)10-14-8-6-5-7-9-14/h5-9,11-13H,10H2,1-4H3,(H2,24,25,31). The van der Waals surface area contributed by atoms with Gasteiger partial charge in [0.25, 0.3) is 0 Å². The van der Waals surface area contributed by atoms with Gasteiger partial charge in [0.15, 0.2) is 16.6 Å². The van der Waals surface area contributed by atoms with E-state index in [0.717, 1.165) is 10.4 Å². The second-order valence-electron chi connectivity index (χ2n) is 6.60. The van der Waals surface area contributed by atoms with E-state index < -0.39 is 5.97 Å². The summed E-state index contributed by atoms with van der Waals surface area (Å²) in [6.45, 7) is 0. The van der Waals surface area contributed by atoms with Crippen LogP contribution in [-0.2, 0) is 11.2 Å². The fraction of sp³-hybridized carbons (Fsp3) is 0.217. The smallest absolute Gasteiger partial charge is 0.340 e. The lowest BCUT2D eigenvalue weighted by atomic mass is 10.1. The molecule has 9 heteroatoms. The van der Waals surface area contributed by atoms with Crippen molar-refractivity contribution in [2.75, 3.05) is 39.1 Å². The molecule has 0 saturated carbocycles. The molecule has 1 aromatic heterocycles. The second kappa shape index (κ2) is 10.8. The Morgan fingerprint density at radius 3 is 2.16 bits per heavy atom. The molecule has 0 atom stereocenters. The Labute approximate surface area is 196 Å². The number of hydrogen-bond acceptors (Lipinski definition) is 7. The van der Waals surface area contributed by atoms with Crippen LogP contribution in [0.1, 0.15) is 20.8 Å². The van der Waals surface area contributed by atoms with Gasteiger partial charge in [0.05, 0.1) is 34.0 Å². The molecule has 0 fully saturated rings. The van der Waals surface area contributed by atoms with Crippen molar-refractivity contribution in [1.82, 2.24) is 0 Å². The van der Waals surface area contributed by atoms with E-state index in [4.69, 9.17) is 31.2 Å². The lowest BCUT2D eigenvalue weighted by Gasteiger charge is -2.16. The highest BCUT2D eigenvalue weighted by Gasteiger charge is 2.19. The molecule has 0 aliphatic rings. The molecule has 0 aliphatic carbocycles. The number of carbonyl (C=O) groups excluding carboxylic acids is 1. The van der Waals surface area contributed by atoms with Crippen molar-refractivity contribution < 1.29 is 23.7 Å². The van der Waals surface area contributed by atoms with Crippen molar-refractivity contribution in [3.8, 4) is 17.2 Å². The van der Waals surface area contributed by atoms with Crippen LogP contribution in [0.15, 0.2) is 48.5 Å². The van der Waals surface area contributed by atoms with Gasteiger partial charge in [-0.25, -0.2) is 4.79 Å². The van der Waals surface area contributed by atoms with E-state index in [1.165, 1.54) is 25.6 Å². The largest absolute Gasteiger partial charge is 0.493 e. The van der Waals surface area contributed by atoms with Crippen LogP contribution in [0.5, 0.6) is 17.2 Å². The molecule has 168 valence electrons. The highest BCUT2D eigenvalue weighted by atomic mass is 32.1. The normalized spacial score (nSPS) is 10.2. The zero-order valence-electron chi connectivity index (χ0n) is 18.2. The Balaban J connectivity index is 1.81. The maximum absolute atomic E-state index is 12.3. The zero-order valence-corrected chi connectivity index (χ0v) is 19.8. The number of esters is 1. The van der Waals surface area contributed by atoms with Crippen LogP contribution >= 0.6 is 23.6 Å². The summed E-state index contributed by atoms with van der Waals surface area (Å²) in [5.41, 5.74) is 2.21. The number of ether oxygens (including phenoxy) is 4. The molecule has 2 aromatic carbocycles. The van der Waals surface area contributed by atoms with Crippen molar-refractivity contribution in [1.29, 1.82) is 0 Å². The van der Waals surface area contributed by atoms with Crippen LogP contribution in [-0.4, -0.2) is 39.5 Å². The molecule has 32 heavy (non-hydrogen) atoms. The van der Waals surface area contributed by atoms with Gasteiger partial charge in [0.2, 0.25) is 5.75 Å². The zero-order chi connectivity index (χ0) is 23.1. The number of rotatable bonds is 8. The summed E-state index contributed by atoms with van der Waals surface area (Å²) in [6, 6.07) is 15.3. The van der Waals surface area contributed by atoms with E-state index in [1.807, 2.05) is 36.4 Å². The monoisotopic (exact) mass is 472 g/mol. The second-order valence-corrected chi connectivity index (χ2v) is 8.15. The predicted octanol–water partition coefficient (Wildman–Crippen LogP) is 4.96. The molecular weight excluding hydrogens is 448 g/mol. The molecule has 0 spiro atoms. The number of nitrogens with one attached hydrogen (secondary N) is 2. The third kappa shape index (κ3) is 5.49. The topological polar surface area (TPSA) is 78.1 Å². The Morgan fingerprint density at radius 1 is 0.938 bits per heavy atom. The minimum atomic E-state index is -0.432. The number of thiophene rings is 1. The van der Waals surface area contributed by atoms with Gasteiger partial charge in [-0.2, -0.15) is 0 Å². The van der Waals surface area contributed by atoms with E-state index in [-0.39, 0.29) is 0 Å². The lowest BCUT2D eigenvalue weighted by Crippen LogP contribution is -2.20. The SMILES string of the molecule is COC(=O)c1cc(Cc2ccccc2)sc1NC(=S)Nc1cc(OC)c(OC)c(OC)c1. The fourth-order valence-electron chi connectivity index (χ4n) is 3.10. The number of methoxy groups -OCH3 is 4. The van der Waals surface area contributed by atoms with E-state index in [1.54, 1.807) is 26.4 Å². The molecule has 0 bridgehead atoms. The Kier molecular flexibility index (Phi) is 7.91. The van der Waals surface area contributed by atoms with Crippen molar-refractivity contribution >= 4 is 45.3 Å². The van der Waals surface area contributed by atoms with Gasteiger partial charge in [0, 0.05) is 29.1 Å². The first-order valence-corrected chi connectivity index (χ1v) is 10.8. The van der Waals surface area contributed by atoms with E-state index in [0.29, 0.717) is 45.0 Å². The minimum Gasteiger partial charge on any atom is -0.493 e. The number of hydrogen-bond donors (Lipinski definition) is 2. The minimum absolute atomic E-state index is 0.303. The number of benzene rings is 2. The van der Waals surface area contributed by atoms with Crippen LogP contribution in [0, 0.1) is 0 Å². The van der Waals surface area contributed by atoms with Crippen molar-refractivity contribution in [3.05, 3.63) is 64.5 Å². The van der Waals surface area contributed by atoms with Gasteiger partial charge in [-0.3, -0.25) is 0 Å². The van der Waals surface area contributed by atoms with Crippen molar-refractivity contribution in [2.45, 2.75) is 6.42 Å². The summed E-state index contributed by atoms with van der Waals surface area (Å²) in [4.78, 5) is 13.3. The Bertz CT molecular complexity index is 1070. The molecule has 3 aromatic rings. The van der Waals surface area contributed by atoms with Crippen LogP contribution in [0.4, 0.5) is 10.7 Å². The molecule has 3 rings (SSSR count). The first kappa shape index (κ1) is 23.4. The van der Waals surface area contributed by atoms with E-state index in [9.17, 15) is 4.79 Å². The summed E-state index contributed by atoms with van der Waals surface area (Å²) in [6.07, 6.45) is 0.699. The van der Waals surface area contributed by atoms with E-state index in [2.05, 4.69) is 10.6 Å². The summed E-state index contributed by atoms with van der Waals surface area (Å²) in [7, 11) is 5.98. The number of carbonyl (C=O) groups is 1. The van der Waals surface area contributed by atoms with Gasteiger partial charge in [-0.1, -0.05) is 30.3 Å². The van der Waals surface area contributed by atoms with Gasteiger partial charge >= 0.3 is 5.97 Å². The third-order valence-corrected chi connectivity index (χ3v) is 5.81. The van der Waals surface area contributed by atoms with Crippen LogP contribution in [0.25, 0.3) is 0 Å². The Hall–Kier alpha value is -3.30. The summed E-state index contributed by atoms with van der Waals surface area (Å²) >= 11 is 6.93. The average Bonchev–Trinajstić information content (AvgIpc) is 3.19. The average molecular weight is 473 g/mol. The molecule has 0 unspecified atom stereocenters. The summed E-state index contributed by atoms with van der Waals surface area (Å²) < 4.78 is 21.0. The maximum Gasteiger partial charge on any atom is 0.340 e. The molecule has 0 amide bonds. The highest BCUT2D eigenvalue weighted by molar-refractivity contribution is 7.80. The molecule has 2 N–H and O–H groups in total. The summed E-state index contributed by atoms with van der Waals surface area (Å²) in [5.74, 6) is 1.04. The Morgan fingerprint density at radius 2 is 1.59 bits per heavy atom. The maximum atomic E-state index is 12.3. The van der Waals surface area contributed by atoms with Crippen LogP contribution in [0.3, 0.4) is 0 Å². The molecule has 0 aliphatic heterocycles. The van der Waals surface area contributed by atoms with Crippen LogP contribution < -0.4 is 24.8 Å². The molecule has 7 nitrogen and oxygen atoms in total. The van der Waals surface area contributed by atoms with Gasteiger partial charge in [0.1, 0.15) is 5.00 Å². The summed E-state index contributed by atoms with van der Waals surface area (Å²) in [5, 5.41) is 7.11. The highest BCUT2D eigenvalue weighted by Crippen LogP contribution is 2.40. The van der Waals surface area contributed by atoms with Crippen LogP contribution in [0.2, 0.25) is 0 Å². The van der Waals surface area contributed by atoms with Crippen molar-refractivity contribution in [3.63, 3.8) is 0 Å². The van der Waals surface area contributed by atoms with Crippen molar-refractivity contribution in [2.24, 2.45) is 0 Å². The molecule has 0 radical (unpaired) electrons. The molecule has 1 heterocycles. The molecular formula is C23H24N2O5S2. The first-order valence-electron chi connectivity index (χ1n) is 9.62. The molecule has 0 saturated heterocycles. The predicted molar refractivity (Wildman–Crippen MR) is 131 cm³/mol. The van der Waals surface area contributed by atoms with E-state index >= 15 is 0 Å². The third-order valence-electron chi connectivity index (χ3n) is 4.56.